The number of hydrogen-bond acceptors (Lipinski definition) is 4. The maximum Gasteiger partial charge on any atom is 0.293 e. The molecule has 0 aliphatic heterocycles. The molecule has 6 heteroatoms. The Morgan fingerprint density at radius 3 is 2.79 bits per heavy atom. The lowest BCUT2D eigenvalue weighted by Gasteiger charge is -1.96. The molecule has 0 atom stereocenters. The summed E-state index contributed by atoms with van der Waals surface area (Å²) >= 11 is 0.866. The third-order valence-corrected chi connectivity index (χ3v) is 2.72. The molecule has 2 aromatic rings. The highest BCUT2D eigenvalue weighted by atomic mass is 32.1. The SMILES string of the molecule is Nc1cc2cc(F)sc2cc1[N+](=O)[O-]. The molecule has 0 aliphatic carbocycles. The van der Waals surface area contributed by atoms with E-state index in [1.165, 1.54) is 18.2 Å². The molecule has 0 unspecified atom stereocenters. The van der Waals surface area contributed by atoms with E-state index in [0.717, 1.165) is 11.3 Å². The number of anilines is 1. The standard InChI is InChI=1S/C8H5FN2O2S/c9-8-2-4-1-5(10)6(11(12)13)3-7(4)14-8/h1-3H,10H2. The van der Waals surface area contributed by atoms with E-state index in [9.17, 15) is 14.5 Å². The topological polar surface area (TPSA) is 69.2 Å². The summed E-state index contributed by atoms with van der Waals surface area (Å²) in [5.41, 5.74) is 5.31. The normalized spacial score (nSPS) is 10.6. The Morgan fingerprint density at radius 1 is 1.43 bits per heavy atom. The van der Waals surface area contributed by atoms with Crippen LogP contribution < -0.4 is 5.73 Å². The number of nitro benzene ring substituents is 1. The molecular weight excluding hydrogens is 207 g/mol. The molecule has 1 heterocycles. The van der Waals surface area contributed by atoms with Gasteiger partial charge in [-0.05, 0) is 17.5 Å². The van der Waals surface area contributed by atoms with Crippen molar-refractivity contribution in [3.8, 4) is 0 Å². The molecule has 14 heavy (non-hydrogen) atoms. The third kappa shape index (κ3) is 1.29. The lowest BCUT2D eigenvalue weighted by molar-refractivity contribution is -0.383. The zero-order valence-electron chi connectivity index (χ0n) is 6.86. The Hall–Kier alpha value is -1.69. The van der Waals surface area contributed by atoms with E-state index < -0.39 is 4.92 Å². The number of halogens is 1. The number of nitro groups is 1. The molecule has 0 saturated carbocycles. The third-order valence-electron chi connectivity index (χ3n) is 1.83. The van der Waals surface area contributed by atoms with Gasteiger partial charge < -0.3 is 5.73 Å². The molecule has 0 spiro atoms. The molecule has 2 rings (SSSR count). The lowest BCUT2D eigenvalue weighted by Crippen LogP contribution is -1.94. The van der Waals surface area contributed by atoms with Crippen LogP contribution in [0.3, 0.4) is 0 Å². The molecule has 0 amide bonds. The summed E-state index contributed by atoms with van der Waals surface area (Å²) < 4.78 is 13.3. The Morgan fingerprint density at radius 2 is 2.14 bits per heavy atom. The van der Waals surface area contributed by atoms with Crippen LogP contribution >= 0.6 is 11.3 Å². The summed E-state index contributed by atoms with van der Waals surface area (Å²) in [4.78, 5) is 9.93. The minimum atomic E-state index is -0.577. The minimum absolute atomic E-state index is 0.0558. The molecule has 1 aromatic heterocycles. The van der Waals surface area contributed by atoms with E-state index in [0.29, 0.717) is 10.1 Å². The fourth-order valence-corrected chi connectivity index (χ4v) is 2.02. The zero-order chi connectivity index (χ0) is 10.3. The number of thiophene rings is 1. The van der Waals surface area contributed by atoms with Crippen molar-refractivity contribution in [3.05, 3.63) is 33.4 Å². The van der Waals surface area contributed by atoms with Gasteiger partial charge in [0.25, 0.3) is 5.69 Å². The van der Waals surface area contributed by atoms with Gasteiger partial charge in [0.2, 0.25) is 0 Å². The quantitative estimate of drug-likeness (QED) is 0.448. The van der Waals surface area contributed by atoms with Gasteiger partial charge in [-0.2, -0.15) is 4.39 Å². The molecule has 0 fully saturated rings. The van der Waals surface area contributed by atoms with Gasteiger partial charge in [-0.15, -0.1) is 11.3 Å². The van der Waals surface area contributed by atoms with E-state index in [4.69, 9.17) is 5.73 Å². The van der Waals surface area contributed by atoms with Crippen LogP contribution in [0.2, 0.25) is 0 Å². The number of benzene rings is 1. The maximum absolute atomic E-state index is 12.8. The van der Waals surface area contributed by atoms with Crippen LogP contribution in [0.5, 0.6) is 0 Å². The fourth-order valence-electron chi connectivity index (χ4n) is 1.22. The molecule has 2 N–H and O–H groups in total. The maximum atomic E-state index is 12.8. The highest BCUT2D eigenvalue weighted by Crippen LogP contribution is 2.32. The lowest BCUT2D eigenvalue weighted by atomic mass is 10.2. The molecule has 4 nitrogen and oxygen atoms in total. The number of nitrogens with zero attached hydrogens (tertiary/aromatic N) is 1. The number of fused-ring (bicyclic) bond motifs is 1. The van der Waals surface area contributed by atoms with E-state index in [1.807, 2.05) is 0 Å². The van der Waals surface area contributed by atoms with Crippen molar-refractivity contribution < 1.29 is 9.31 Å². The Labute approximate surface area is 81.9 Å². The number of rotatable bonds is 1. The van der Waals surface area contributed by atoms with Gasteiger partial charge >= 0.3 is 0 Å². The Bertz CT molecular complexity index is 523. The van der Waals surface area contributed by atoms with Crippen LogP contribution in [0, 0.1) is 15.2 Å². The van der Waals surface area contributed by atoms with Gasteiger partial charge in [0.15, 0.2) is 5.13 Å². The van der Waals surface area contributed by atoms with Gasteiger partial charge in [-0.25, -0.2) is 0 Å². The van der Waals surface area contributed by atoms with Crippen LogP contribution in [-0.4, -0.2) is 4.92 Å². The van der Waals surface area contributed by atoms with Crippen LogP contribution in [0.15, 0.2) is 18.2 Å². The highest BCUT2D eigenvalue weighted by molar-refractivity contribution is 7.17. The summed E-state index contributed by atoms with van der Waals surface area (Å²) in [7, 11) is 0. The first-order valence-corrected chi connectivity index (χ1v) is 4.52. The van der Waals surface area contributed by atoms with Crippen molar-refractivity contribution in [2.45, 2.75) is 0 Å². The van der Waals surface area contributed by atoms with Gasteiger partial charge in [0, 0.05) is 10.8 Å². The summed E-state index contributed by atoms with van der Waals surface area (Å²) in [6.45, 7) is 0. The van der Waals surface area contributed by atoms with Crippen molar-refractivity contribution in [1.82, 2.24) is 0 Å². The number of nitrogen functional groups attached to an aromatic ring is 1. The number of hydrogen-bond donors (Lipinski definition) is 1. The first kappa shape index (κ1) is 8.89. The van der Waals surface area contributed by atoms with E-state index in [-0.39, 0.29) is 16.5 Å². The second-order valence-electron chi connectivity index (χ2n) is 2.76. The molecule has 1 aromatic carbocycles. The molecule has 0 bridgehead atoms. The van der Waals surface area contributed by atoms with Crippen molar-refractivity contribution in [3.63, 3.8) is 0 Å². The second-order valence-corrected chi connectivity index (χ2v) is 3.79. The predicted octanol–water partition coefficient (Wildman–Crippen LogP) is 2.53. The van der Waals surface area contributed by atoms with Crippen molar-refractivity contribution >= 4 is 32.8 Å². The highest BCUT2D eigenvalue weighted by Gasteiger charge is 2.14. The van der Waals surface area contributed by atoms with E-state index in [2.05, 4.69) is 0 Å². The van der Waals surface area contributed by atoms with Crippen LogP contribution in [0.1, 0.15) is 0 Å². The van der Waals surface area contributed by atoms with Crippen molar-refractivity contribution in [2.24, 2.45) is 0 Å². The molecular formula is C8H5FN2O2S. The largest absolute Gasteiger partial charge is 0.393 e. The van der Waals surface area contributed by atoms with Gasteiger partial charge in [0.1, 0.15) is 5.69 Å². The van der Waals surface area contributed by atoms with Crippen LogP contribution in [-0.2, 0) is 0 Å². The van der Waals surface area contributed by atoms with Gasteiger partial charge in [-0.1, -0.05) is 0 Å². The Kier molecular flexibility index (Phi) is 1.85. The monoisotopic (exact) mass is 212 g/mol. The Balaban J connectivity index is 2.76. The van der Waals surface area contributed by atoms with Crippen LogP contribution in [0.25, 0.3) is 10.1 Å². The van der Waals surface area contributed by atoms with Crippen LogP contribution in [0.4, 0.5) is 15.8 Å². The molecule has 0 aliphatic rings. The molecule has 0 saturated heterocycles. The van der Waals surface area contributed by atoms with E-state index in [1.54, 1.807) is 0 Å². The molecule has 72 valence electrons. The minimum Gasteiger partial charge on any atom is -0.393 e. The zero-order valence-corrected chi connectivity index (χ0v) is 7.68. The predicted molar refractivity (Wildman–Crippen MR) is 52.8 cm³/mol. The first-order valence-electron chi connectivity index (χ1n) is 3.71. The molecule has 0 radical (unpaired) electrons. The average molecular weight is 212 g/mol. The van der Waals surface area contributed by atoms with Crippen molar-refractivity contribution in [1.29, 1.82) is 0 Å². The first-order chi connectivity index (χ1) is 6.58. The summed E-state index contributed by atoms with van der Waals surface area (Å²) in [6.07, 6.45) is 0. The van der Waals surface area contributed by atoms with Crippen molar-refractivity contribution in [2.75, 3.05) is 5.73 Å². The summed E-state index contributed by atoms with van der Waals surface area (Å²) in [5, 5.41) is 10.7. The number of nitrogens with two attached hydrogens (primary N) is 1. The fraction of sp³-hybridized carbons (Fsp3) is 0. The average Bonchev–Trinajstić information content (AvgIpc) is 2.42. The van der Waals surface area contributed by atoms with Gasteiger partial charge in [-0.3, -0.25) is 10.1 Å². The smallest absolute Gasteiger partial charge is 0.293 e. The van der Waals surface area contributed by atoms with Gasteiger partial charge in [0.05, 0.1) is 4.92 Å². The second kappa shape index (κ2) is 2.91. The summed E-state index contributed by atoms with van der Waals surface area (Å²) in [5.74, 6) is 0. The van der Waals surface area contributed by atoms with E-state index >= 15 is 0 Å². The summed E-state index contributed by atoms with van der Waals surface area (Å²) in [6, 6.07) is 4.01.